The van der Waals surface area contributed by atoms with Gasteiger partial charge in [-0.25, -0.2) is 13.2 Å². The predicted molar refractivity (Wildman–Crippen MR) is 48.3 cm³/mol. The molecule has 0 aliphatic carbocycles. The number of hydrogen-bond acceptors (Lipinski definition) is 4. The zero-order valence-corrected chi connectivity index (χ0v) is 9.02. The molecule has 0 aromatic rings. The minimum Gasteiger partial charge on any atom is -0.465 e. The molecule has 1 aliphatic rings. The second-order valence-corrected chi connectivity index (χ2v) is 5.80. The summed E-state index contributed by atoms with van der Waals surface area (Å²) in [6.45, 7) is 0. The van der Waals surface area contributed by atoms with Crippen molar-refractivity contribution in [3.05, 3.63) is 0 Å². The Balaban J connectivity index is 2.84. The first-order valence-corrected chi connectivity index (χ1v) is 6.28. The summed E-state index contributed by atoms with van der Waals surface area (Å²) in [6.07, 6.45) is 0.195. The van der Waals surface area contributed by atoms with Crippen molar-refractivity contribution in [2.45, 2.75) is 18.8 Å². The summed E-state index contributed by atoms with van der Waals surface area (Å²) in [5, 5.41) is 0. The molecule has 1 unspecified atom stereocenters. The summed E-state index contributed by atoms with van der Waals surface area (Å²) >= 11 is 0. The molecule has 0 N–H and O–H groups in total. The van der Waals surface area contributed by atoms with Crippen molar-refractivity contribution in [2.75, 3.05) is 18.6 Å². The van der Waals surface area contributed by atoms with Gasteiger partial charge >= 0.3 is 11.9 Å². The number of rotatable bonds is 2. The quantitative estimate of drug-likeness (QED) is 0.666. The maximum atomic E-state index is 13.3. The number of carbonyl (C=O) groups is 1. The van der Waals surface area contributed by atoms with Crippen LogP contribution in [0.3, 0.4) is 0 Å². The molecule has 0 radical (unpaired) electrons. The maximum Gasteiger partial charge on any atom is 0.377 e. The number of sulfone groups is 1. The second kappa shape index (κ2) is 4.03. The highest BCUT2D eigenvalue weighted by Gasteiger charge is 2.50. The molecule has 1 atom stereocenters. The Morgan fingerprint density at radius 2 is 2.07 bits per heavy atom. The number of alkyl halides is 2. The molecular formula is C8H12F2O4S. The fourth-order valence-electron chi connectivity index (χ4n) is 1.61. The molecule has 0 amide bonds. The van der Waals surface area contributed by atoms with Gasteiger partial charge in [-0.1, -0.05) is 0 Å². The lowest BCUT2D eigenvalue weighted by Gasteiger charge is -2.27. The number of hydrogen-bond donors (Lipinski definition) is 0. The monoisotopic (exact) mass is 242 g/mol. The van der Waals surface area contributed by atoms with Gasteiger partial charge in [-0.3, -0.25) is 0 Å². The van der Waals surface area contributed by atoms with Gasteiger partial charge in [0.05, 0.1) is 18.6 Å². The van der Waals surface area contributed by atoms with Gasteiger partial charge in [0.1, 0.15) is 0 Å². The Morgan fingerprint density at radius 3 is 2.53 bits per heavy atom. The van der Waals surface area contributed by atoms with E-state index in [0.717, 1.165) is 7.11 Å². The smallest absolute Gasteiger partial charge is 0.377 e. The van der Waals surface area contributed by atoms with Crippen molar-refractivity contribution in [3.8, 4) is 0 Å². The molecule has 0 bridgehead atoms. The van der Waals surface area contributed by atoms with E-state index in [1.54, 1.807) is 0 Å². The Labute approximate surface area is 86.5 Å². The average Bonchev–Trinajstić information content (AvgIpc) is 2.15. The van der Waals surface area contributed by atoms with E-state index in [2.05, 4.69) is 4.74 Å². The van der Waals surface area contributed by atoms with E-state index in [1.165, 1.54) is 0 Å². The summed E-state index contributed by atoms with van der Waals surface area (Å²) in [7, 11) is -2.59. The third-order valence-electron chi connectivity index (χ3n) is 2.43. The van der Waals surface area contributed by atoms with Gasteiger partial charge in [-0.15, -0.1) is 0 Å². The first kappa shape index (κ1) is 12.4. The van der Waals surface area contributed by atoms with Crippen molar-refractivity contribution in [1.82, 2.24) is 0 Å². The van der Waals surface area contributed by atoms with Crippen LogP contribution in [-0.2, 0) is 19.4 Å². The highest BCUT2D eigenvalue weighted by molar-refractivity contribution is 7.91. The average molecular weight is 242 g/mol. The van der Waals surface area contributed by atoms with Crippen LogP contribution in [0.1, 0.15) is 12.8 Å². The van der Waals surface area contributed by atoms with E-state index in [-0.39, 0.29) is 18.6 Å². The van der Waals surface area contributed by atoms with E-state index < -0.39 is 33.4 Å². The van der Waals surface area contributed by atoms with Gasteiger partial charge in [-0.05, 0) is 12.8 Å². The fraction of sp³-hybridized carbons (Fsp3) is 0.875. The molecular weight excluding hydrogens is 230 g/mol. The lowest BCUT2D eigenvalue weighted by molar-refractivity contribution is -0.176. The molecule has 1 rings (SSSR count). The maximum absolute atomic E-state index is 13.3. The standard InChI is InChI=1S/C8H12F2O4S/c1-14-7(11)8(9,10)6-3-2-4-15(12,13)5-6/h6H,2-5H2,1H3. The van der Waals surface area contributed by atoms with E-state index >= 15 is 0 Å². The van der Waals surface area contributed by atoms with Crippen LogP contribution in [0.15, 0.2) is 0 Å². The fourth-order valence-corrected chi connectivity index (χ4v) is 3.37. The molecule has 0 aromatic carbocycles. The van der Waals surface area contributed by atoms with Crippen molar-refractivity contribution in [3.63, 3.8) is 0 Å². The highest BCUT2D eigenvalue weighted by atomic mass is 32.2. The number of ether oxygens (including phenoxy) is 1. The van der Waals surface area contributed by atoms with Gasteiger partial charge < -0.3 is 4.74 Å². The van der Waals surface area contributed by atoms with Crippen LogP contribution in [0, 0.1) is 5.92 Å². The largest absolute Gasteiger partial charge is 0.465 e. The summed E-state index contributed by atoms with van der Waals surface area (Å²) in [6, 6.07) is 0. The number of carbonyl (C=O) groups excluding carboxylic acids is 1. The van der Waals surface area contributed by atoms with Gasteiger partial charge in [0.2, 0.25) is 0 Å². The van der Waals surface area contributed by atoms with Crippen LogP contribution in [0.4, 0.5) is 8.78 Å². The van der Waals surface area contributed by atoms with Crippen molar-refractivity contribution >= 4 is 15.8 Å². The van der Waals surface area contributed by atoms with Crippen molar-refractivity contribution < 1.29 is 26.7 Å². The Hall–Kier alpha value is -0.720. The second-order valence-electron chi connectivity index (χ2n) is 3.57. The molecule has 1 aliphatic heterocycles. The Bertz CT molecular complexity index is 350. The van der Waals surface area contributed by atoms with Crippen LogP contribution >= 0.6 is 0 Å². The number of methoxy groups -OCH3 is 1. The summed E-state index contributed by atoms with van der Waals surface area (Å²) in [4.78, 5) is 10.8. The molecule has 1 saturated heterocycles. The highest BCUT2D eigenvalue weighted by Crippen LogP contribution is 2.33. The third kappa shape index (κ3) is 2.64. The van der Waals surface area contributed by atoms with E-state index in [0.29, 0.717) is 0 Å². The van der Waals surface area contributed by atoms with Crippen molar-refractivity contribution in [2.24, 2.45) is 5.92 Å². The first-order chi connectivity index (χ1) is 6.79. The number of halogens is 2. The minimum absolute atomic E-state index is 0.0291. The van der Waals surface area contributed by atoms with Crippen LogP contribution in [0.2, 0.25) is 0 Å². The number of esters is 1. The summed E-state index contributed by atoms with van der Waals surface area (Å²) in [5.41, 5.74) is 0. The van der Waals surface area contributed by atoms with Crippen LogP contribution in [0.5, 0.6) is 0 Å². The summed E-state index contributed by atoms with van der Waals surface area (Å²) in [5.74, 6) is -7.55. The Kier molecular flexibility index (Phi) is 3.32. The molecule has 7 heteroatoms. The van der Waals surface area contributed by atoms with Crippen LogP contribution in [-0.4, -0.2) is 38.9 Å². The predicted octanol–water partition coefficient (Wildman–Crippen LogP) is 0.619. The van der Waals surface area contributed by atoms with Crippen LogP contribution in [0.25, 0.3) is 0 Å². The van der Waals surface area contributed by atoms with E-state index in [4.69, 9.17) is 0 Å². The van der Waals surface area contributed by atoms with Crippen LogP contribution < -0.4 is 0 Å². The van der Waals surface area contributed by atoms with Gasteiger partial charge in [-0.2, -0.15) is 8.78 Å². The first-order valence-electron chi connectivity index (χ1n) is 4.46. The Morgan fingerprint density at radius 1 is 1.47 bits per heavy atom. The lowest BCUT2D eigenvalue weighted by atomic mass is 9.98. The molecule has 15 heavy (non-hydrogen) atoms. The molecule has 88 valence electrons. The molecule has 0 aromatic heterocycles. The minimum atomic E-state index is -3.71. The molecule has 0 spiro atoms. The third-order valence-corrected chi connectivity index (χ3v) is 4.25. The lowest BCUT2D eigenvalue weighted by Crippen LogP contribution is -2.44. The van der Waals surface area contributed by atoms with Crippen molar-refractivity contribution in [1.29, 1.82) is 0 Å². The zero-order valence-electron chi connectivity index (χ0n) is 8.20. The normalized spacial score (nSPS) is 25.9. The van der Waals surface area contributed by atoms with Gasteiger partial charge in [0.15, 0.2) is 9.84 Å². The molecule has 0 saturated carbocycles. The summed E-state index contributed by atoms with van der Waals surface area (Å²) < 4.78 is 52.8. The topological polar surface area (TPSA) is 60.4 Å². The van der Waals surface area contributed by atoms with E-state index in [1.807, 2.05) is 0 Å². The van der Waals surface area contributed by atoms with Gasteiger partial charge in [0.25, 0.3) is 0 Å². The van der Waals surface area contributed by atoms with E-state index in [9.17, 15) is 22.0 Å². The molecule has 1 heterocycles. The molecule has 4 nitrogen and oxygen atoms in total. The van der Waals surface area contributed by atoms with Gasteiger partial charge in [0, 0.05) is 5.92 Å². The SMILES string of the molecule is COC(=O)C(F)(F)C1CCCS(=O)(=O)C1. The molecule has 1 fully saturated rings. The zero-order chi connectivity index (χ0) is 11.7.